The molecule has 0 aromatic carbocycles. The fourth-order valence-electron chi connectivity index (χ4n) is 1.14. The number of pyridine rings is 1. The zero-order valence-electron chi connectivity index (χ0n) is 9.39. The number of carbonyl (C=O) groups is 1. The third-order valence-electron chi connectivity index (χ3n) is 1.89. The number of hydrogen-bond donors (Lipinski definition) is 2. The molecule has 0 radical (unpaired) electrons. The lowest BCUT2D eigenvalue weighted by atomic mass is 10.2. The summed E-state index contributed by atoms with van der Waals surface area (Å²) in [7, 11) is 0. The number of aryl methyl sites for hydroxylation is 1. The monoisotopic (exact) mass is 218 g/mol. The summed E-state index contributed by atoms with van der Waals surface area (Å²) in [6, 6.07) is 1.74. The third kappa shape index (κ3) is 4.01. The molecule has 16 heavy (non-hydrogen) atoms. The van der Waals surface area contributed by atoms with Gasteiger partial charge in [-0.15, -0.1) is 0 Å². The minimum absolute atomic E-state index is 0.0739. The maximum absolute atomic E-state index is 11.3. The Labute approximate surface area is 94.1 Å². The van der Waals surface area contributed by atoms with Crippen molar-refractivity contribution < 1.29 is 4.79 Å². The number of hydrogen-bond acceptors (Lipinski definition) is 2. The molecule has 1 amide bonds. The lowest BCUT2D eigenvalue weighted by molar-refractivity contribution is -0.118. The fourth-order valence-corrected chi connectivity index (χ4v) is 1.14. The van der Waals surface area contributed by atoms with Crippen LogP contribution in [0.25, 0.3) is 0 Å². The van der Waals surface area contributed by atoms with Crippen molar-refractivity contribution in [3.05, 3.63) is 33.7 Å². The summed E-state index contributed by atoms with van der Waals surface area (Å²) < 4.78 is 0. The maximum Gasteiger partial charge on any atom is 0.263 e. The molecule has 1 heterocycles. The van der Waals surface area contributed by atoms with E-state index in [0.717, 1.165) is 5.56 Å². The highest BCUT2D eigenvalue weighted by atomic mass is 16.1. The summed E-state index contributed by atoms with van der Waals surface area (Å²) in [4.78, 5) is 24.5. The van der Waals surface area contributed by atoms with Gasteiger partial charge < -0.3 is 10.3 Å². The molecule has 1 aromatic heterocycles. The van der Waals surface area contributed by atoms with Gasteiger partial charge in [0.15, 0.2) is 0 Å². The van der Waals surface area contributed by atoms with Crippen LogP contribution in [-0.2, 0) is 4.79 Å². The first-order valence-electron chi connectivity index (χ1n) is 5.02. The van der Waals surface area contributed by atoms with Crippen LogP contribution < -0.4 is 10.9 Å². The molecule has 4 nitrogen and oxygen atoms in total. The van der Waals surface area contributed by atoms with Gasteiger partial charge in [-0.25, -0.2) is 0 Å². The van der Waals surface area contributed by atoms with Gasteiger partial charge in [-0.2, -0.15) is 0 Å². The zero-order valence-corrected chi connectivity index (χ0v) is 9.39. The van der Waals surface area contributed by atoms with E-state index in [1.165, 1.54) is 6.92 Å². The largest absolute Gasteiger partial charge is 0.355 e. The van der Waals surface area contributed by atoms with E-state index in [1.54, 1.807) is 12.3 Å². The highest BCUT2D eigenvalue weighted by Gasteiger charge is 1.94. The van der Waals surface area contributed by atoms with E-state index in [-0.39, 0.29) is 11.5 Å². The van der Waals surface area contributed by atoms with Crippen LogP contribution in [0.1, 0.15) is 24.5 Å². The molecule has 0 saturated heterocycles. The summed E-state index contributed by atoms with van der Waals surface area (Å²) in [5.41, 5.74) is 1.24. The molecule has 0 atom stereocenters. The van der Waals surface area contributed by atoms with Crippen LogP contribution in [0.4, 0.5) is 0 Å². The SMILES string of the molecule is CC(=O)NCCC#Cc1cc(C)c[nH]c1=O. The second-order valence-corrected chi connectivity index (χ2v) is 3.45. The molecular formula is C12H14N2O2. The van der Waals surface area contributed by atoms with E-state index in [2.05, 4.69) is 22.1 Å². The number of rotatable bonds is 2. The molecule has 84 valence electrons. The van der Waals surface area contributed by atoms with E-state index in [9.17, 15) is 9.59 Å². The Morgan fingerprint density at radius 3 is 3.00 bits per heavy atom. The minimum atomic E-state index is -0.183. The Morgan fingerprint density at radius 1 is 1.56 bits per heavy atom. The van der Waals surface area contributed by atoms with Crippen LogP contribution in [-0.4, -0.2) is 17.4 Å². The van der Waals surface area contributed by atoms with Crippen molar-refractivity contribution in [3.63, 3.8) is 0 Å². The van der Waals surface area contributed by atoms with Gasteiger partial charge in [0.25, 0.3) is 5.56 Å². The Morgan fingerprint density at radius 2 is 2.31 bits per heavy atom. The molecule has 4 heteroatoms. The molecule has 0 aliphatic carbocycles. The number of aromatic nitrogens is 1. The van der Waals surface area contributed by atoms with Gasteiger partial charge in [0, 0.05) is 26.1 Å². The van der Waals surface area contributed by atoms with Gasteiger partial charge in [0.2, 0.25) is 5.91 Å². The molecule has 0 aliphatic heterocycles. The second-order valence-electron chi connectivity index (χ2n) is 3.45. The molecule has 1 rings (SSSR count). The van der Waals surface area contributed by atoms with E-state index in [1.807, 2.05) is 6.92 Å². The Hall–Kier alpha value is -2.02. The average Bonchev–Trinajstić information content (AvgIpc) is 2.22. The molecule has 0 aliphatic rings. The van der Waals surface area contributed by atoms with E-state index < -0.39 is 0 Å². The van der Waals surface area contributed by atoms with Crippen LogP contribution in [0.3, 0.4) is 0 Å². The molecule has 0 saturated carbocycles. The second kappa shape index (κ2) is 5.76. The Balaban J connectivity index is 2.59. The van der Waals surface area contributed by atoms with Crippen molar-refractivity contribution in [2.75, 3.05) is 6.54 Å². The summed E-state index contributed by atoms with van der Waals surface area (Å²) in [5.74, 6) is 5.55. The number of nitrogens with one attached hydrogen (secondary N) is 2. The molecular weight excluding hydrogens is 204 g/mol. The summed E-state index contributed by atoms with van der Waals surface area (Å²) in [6.07, 6.45) is 2.18. The van der Waals surface area contributed by atoms with Crippen molar-refractivity contribution >= 4 is 5.91 Å². The van der Waals surface area contributed by atoms with E-state index in [4.69, 9.17) is 0 Å². The molecule has 0 unspecified atom stereocenters. The third-order valence-corrected chi connectivity index (χ3v) is 1.89. The Kier molecular flexibility index (Phi) is 4.34. The van der Waals surface area contributed by atoms with Crippen molar-refractivity contribution in [1.29, 1.82) is 0 Å². The first-order valence-corrected chi connectivity index (χ1v) is 5.02. The number of carbonyl (C=O) groups excluding carboxylic acids is 1. The normalized spacial score (nSPS) is 9.12. The van der Waals surface area contributed by atoms with Crippen molar-refractivity contribution in [2.24, 2.45) is 0 Å². The van der Waals surface area contributed by atoms with Crippen LogP contribution in [0, 0.1) is 18.8 Å². The number of amides is 1. The first-order chi connectivity index (χ1) is 7.59. The van der Waals surface area contributed by atoms with Gasteiger partial charge in [0.1, 0.15) is 0 Å². The van der Waals surface area contributed by atoms with Crippen molar-refractivity contribution in [2.45, 2.75) is 20.3 Å². The predicted octanol–water partition coefficient (Wildman–Crippen LogP) is 0.561. The molecule has 0 bridgehead atoms. The standard InChI is InChI=1S/C12H14N2O2/c1-9-7-11(12(16)14-8-9)5-3-4-6-13-10(2)15/h7-8H,4,6H2,1-2H3,(H,13,15)(H,14,16). The van der Waals surface area contributed by atoms with Gasteiger partial charge in [-0.05, 0) is 18.6 Å². The number of H-pyrrole nitrogens is 1. The highest BCUT2D eigenvalue weighted by Crippen LogP contribution is 1.93. The first kappa shape index (κ1) is 12.1. The van der Waals surface area contributed by atoms with E-state index >= 15 is 0 Å². The van der Waals surface area contributed by atoms with Crippen LogP contribution in [0.2, 0.25) is 0 Å². The quantitative estimate of drug-likeness (QED) is 0.563. The summed E-state index contributed by atoms with van der Waals surface area (Å²) in [5, 5.41) is 2.63. The van der Waals surface area contributed by atoms with Crippen LogP contribution in [0.5, 0.6) is 0 Å². The van der Waals surface area contributed by atoms with E-state index in [0.29, 0.717) is 18.5 Å². The van der Waals surface area contributed by atoms with Crippen LogP contribution >= 0.6 is 0 Å². The van der Waals surface area contributed by atoms with Gasteiger partial charge in [-0.3, -0.25) is 9.59 Å². The average molecular weight is 218 g/mol. The minimum Gasteiger partial charge on any atom is -0.355 e. The molecule has 2 N–H and O–H groups in total. The van der Waals surface area contributed by atoms with Crippen molar-refractivity contribution in [3.8, 4) is 11.8 Å². The summed E-state index contributed by atoms with van der Waals surface area (Å²) >= 11 is 0. The zero-order chi connectivity index (χ0) is 12.0. The topological polar surface area (TPSA) is 62.0 Å². The fraction of sp³-hybridized carbons (Fsp3) is 0.333. The van der Waals surface area contributed by atoms with Crippen LogP contribution in [0.15, 0.2) is 17.1 Å². The van der Waals surface area contributed by atoms with Crippen molar-refractivity contribution in [1.82, 2.24) is 10.3 Å². The number of aromatic amines is 1. The smallest absolute Gasteiger partial charge is 0.263 e. The molecule has 0 fully saturated rings. The van der Waals surface area contributed by atoms with Gasteiger partial charge >= 0.3 is 0 Å². The highest BCUT2D eigenvalue weighted by molar-refractivity contribution is 5.72. The Bertz CT molecular complexity index is 492. The summed E-state index contributed by atoms with van der Waals surface area (Å²) in [6.45, 7) is 3.85. The predicted molar refractivity (Wildman–Crippen MR) is 62.0 cm³/mol. The van der Waals surface area contributed by atoms with Gasteiger partial charge in [-0.1, -0.05) is 11.8 Å². The maximum atomic E-state index is 11.3. The lowest BCUT2D eigenvalue weighted by Gasteiger charge is -1.95. The van der Waals surface area contributed by atoms with Gasteiger partial charge in [0.05, 0.1) is 5.56 Å². The molecule has 0 spiro atoms. The molecule has 1 aromatic rings. The lowest BCUT2D eigenvalue weighted by Crippen LogP contribution is -2.20.